The summed E-state index contributed by atoms with van der Waals surface area (Å²) in [5.74, 6) is -1.81. The molecule has 0 bridgehead atoms. The first-order valence-electron chi connectivity index (χ1n) is 7.68. The molecule has 6 heteroatoms. The van der Waals surface area contributed by atoms with Crippen molar-refractivity contribution in [1.82, 2.24) is 5.32 Å². The molecule has 0 fully saturated rings. The van der Waals surface area contributed by atoms with E-state index in [-0.39, 0.29) is 12.2 Å². The van der Waals surface area contributed by atoms with Crippen LogP contribution in [0.5, 0.6) is 0 Å². The molecule has 1 rings (SSSR count). The molecule has 128 valence electrons. The molecule has 5 nitrogen and oxygen atoms in total. The molecule has 0 heterocycles. The van der Waals surface area contributed by atoms with Crippen molar-refractivity contribution in [3.8, 4) is 0 Å². The standard InChI is InChI=1S/C17H25FN2O3/c1-11(2)5-6-17(4,23)10-19-15(21)16(22)20-14-8-12(3)7-13(18)9-14/h7-9,11,23H,5-6,10H2,1-4H3,(H,19,21)(H,20,22). The lowest BCUT2D eigenvalue weighted by Gasteiger charge is -2.24. The molecule has 23 heavy (non-hydrogen) atoms. The van der Waals surface area contributed by atoms with Crippen molar-refractivity contribution >= 4 is 17.5 Å². The molecule has 0 saturated carbocycles. The van der Waals surface area contributed by atoms with Crippen molar-refractivity contribution < 1.29 is 19.1 Å². The van der Waals surface area contributed by atoms with Gasteiger partial charge in [0.2, 0.25) is 0 Å². The van der Waals surface area contributed by atoms with Gasteiger partial charge in [-0.1, -0.05) is 13.8 Å². The van der Waals surface area contributed by atoms with Crippen LogP contribution >= 0.6 is 0 Å². The monoisotopic (exact) mass is 324 g/mol. The van der Waals surface area contributed by atoms with Crippen molar-refractivity contribution in [1.29, 1.82) is 0 Å². The molecule has 1 unspecified atom stereocenters. The van der Waals surface area contributed by atoms with E-state index in [0.717, 1.165) is 12.5 Å². The highest BCUT2D eigenvalue weighted by molar-refractivity contribution is 6.39. The Balaban J connectivity index is 2.52. The molecule has 0 saturated heterocycles. The molecular weight excluding hydrogens is 299 g/mol. The van der Waals surface area contributed by atoms with Crippen LogP contribution in [0.15, 0.2) is 18.2 Å². The average Bonchev–Trinajstić information content (AvgIpc) is 2.41. The lowest BCUT2D eigenvalue weighted by atomic mass is 9.95. The minimum atomic E-state index is -1.07. The SMILES string of the molecule is Cc1cc(F)cc(NC(=O)C(=O)NCC(C)(O)CCC(C)C)c1. The van der Waals surface area contributed by atoms with Gasteiger partial charge in [-0.05, 0) is 56.4 Å². The molecular formula is C17H25FN2O3. The molecule has 0 aliphatic rings. The number of amides is 2. The summed E-state index contributed by atoms with van der Waals surface area (Å²) >= 11 is 0. The number of carbonyl (C=O) groups is 2. The maximum Gasteiger partial charge on any atom is 0.313 e. The Labute approximate surface area is 136 Å². The molecule has 3 N–H and O–H groups in total. The predicted octanol–water partition coefficient (Wildman–Crippen LogP) is 2.38. The van der Waals surface area contributed by atoms with E-state index in [1.54, 1.807) is 19.9 Å². The summed E-state index contributed by atoms with van der Waals surface area (Å²) in [6.45, 7) is 7.37. The lowest BCUT2D eigenvalue weighted by molar-refractivity contribution is -0.136. The van der Waals surface area contributed by atoms with Crippen LogP contribution in [0, 0.1) is 18.7 Å². The fourth-order valence-electron chi connectivity index (χ4n) is 2.04. The van der Waals surface area contributed by atoms with Crippen molar-refractivity contribution in [3.63, 3.8) is 0 Å². The summed E-state index contributed by atoms with van der Waals surface area (Å²) < 4.78 is 13.2. The normalized spacial score (nSPS) is 13.5. The third-order valence-electron chi connectivity index (χ3n) is 3.40. The van der Waals surface area contributed by atoms with Crippen LogP contribution in [-0.2, 0) is 9.59 Å². The Bertz CT molecular complexity index is 551. The van der Waals surface area contributed by atoms with Gasteiger partial charge in [0.1, 0.15) is 5.82 Å². The minimum absolute atomic E-state index is 0.0197. The molecule has 0 aliphatic heterocycles. The molecule has 1 aromatic rings. The van der Waals surface area contributed by atoms with Gasteiger partial charge in [-0.15, -0.1) is 0 Å². The average molecular weight is 324 g/mol. The van der Waals surface area contributed by atoms with E-state index in [0.29, 0.717) is 17.9 Å². The molecule has 1 atom stereocenters. The number of hydrogen-bond acceptors (Lipinski definition) is 3. The van der Waals surface area contributed by atoms with E-state index >= 15 is 0 Å². The van der Waals surface area contributed by atoms with Crippen molar-refractivity contribution in [2.75, 3.05) is 11.9 Å². The summed E-state index contributed by atoms with van der Waals surface area (Å²) in [5, 5.41) is 14.9. The number of benzene rings is 1. The van der Waals surface area contributed by atoms with Crippen molar-refractivity contribution in [2.24, 2.45) is 5.92 Å². The van der Waals surface area contributed by atoms with Crippen LogP contribution in [-0.4, -0.2) is 29.1 Å². The van der Waals surface area contributed by atoms with Gasteiger partial charge in [-0.2, -0.15) is 0 Å². The highest BCUT2D eigenvalue weighted by atomic mass is 19.1. The highest BCUT2D eigenvalue weighted by Crippen LogP contribution is 2.16. The fourth-order valence-corrected chi connectivity index (χ4v) is 2.04. The number of aliphatic hydroxyl groups is 1. The van der Waals surface area contributed by atoms with E-state index in [1.807, 2.05) is 13.8 Å². The van der Waals surface area contributed by atoms with Crippen molar-refractivity contribution in [3.05, 3.63) is 29.6 Å². The Morgan fingerprint density at radius 2 is 1.91 bits per heavy atom. The van der Waals surface area contributed by atoms with Gasteiger partial charge in [0.15, 0.2) is 0 Å². The third kappa shape index (κ3) is 7.23. The Kier molecular flexibility index (Phi) is 6.69. The van der Waals surface area contributed by atoms with Gasteiger partial charge < -0.3 is 15.7 Å². The van der Waals surface area contributed by atoms with Crippen LogP contribution in [0.25, 0.3) is 0 Å². The maximum atomic E-state index is 13.2. The topological polar surface area (TPSA) is 78.4 Å². The van der Waals surface area contributed by atoms with Crippen LogP contribution in [0.1, 0.15) is 39.2 Å². The number of halogens is 1. The van der Waals surface area contributed by atoms with Crippen molar-refractivity contribution in [2.45, 2.75) is 46.1 Å². The Morgan fingerprint density at radius 1 is 1.26 bits per heavy atom. The maximum absolute atomic E-state index is 13.2. The zero-order chi connectivity index (χ0) is 17.6. The van der Waals surface area contributed by atoms with Gasteiger partial charge in [0.05, 0.1) is 5.60 Å². The zero-order valence-electron chi connectivity index (χ0n) is 14.1. The number of anilines is 1. The summed E-state index contributed by atoms with van der Waals surface area (Å²) in [6.07, 6.45) is 1.34. The van der Waals surface area contributed by atoms with Gasteiger partial charge in [-0.3, -0.25) is 9.59 Å². The van der Waals surface area contributed by atoms with Gasteiger partial charge >= 0.3 is 11.8 Å². The van der Waals surface area contributed by atoms with Crippen LogP contribution in [0.4, 0.5) is 10.1 Å². The third-order valence-corrected chi connectivity index (χ3v) is 3.40. The summed E-state index contributed by atoms with van der Waals surface area (Å²) in [6, 6.07) is 4.02. The van der Waals surface area contributed by atoms with E-state index in [4.69, 9.17) is 0 Å². The minimum Gasteiger partial charge on any atom is -0.388 e. The molecule has 0 spiro atoms. The number of rotatable bonds is 6. The van der Waals surface area contributed by atoms with Gasteiger partial charge in [0, 0.05) is 12.2 Å². The molecule has 1 aromatic carbocycles. The van der Waals surface area contributed by atoms with Crippen LogP contribution in [0.3, 0.4) is 0 Å². The van der Waals surface area contributed by atoms with Gasteiger partial charge in [-0.25, -0.2) is 4.39 Å². The Morgan fingerprint density at radius 3 is 2.48 bits per heavy atom. The van der Waals surface area contributed by atoms with Gasteiger partial charge in [0.25, 0.3) is 0 Å². The largest absolute Gasteiger partial charge is 0.388 e. The quantitative estimate of drug-likeness (QED) is 0.703. The Hall–Kier alpha value is -1.95. The summed E-state index contributed by atoms with van der Waals surface area (Å²) in [5.41, 5.74) is -0.220. The van der Waals surface area contributed by atoms with E-state index in [1.165, 1.54) is 6.07 Å². The highest BCUT2D eigenvalue weighted by Gasteiger charge is 2.23. The second-order valence-electron chi connectivity index (χ2n) is 6.58. The van der Waals surface area contributed by atoms with Crippen LogP contribution in [0.2, 0.25) is 0 Å². The predicted molar refractivity (Wildman–Crippen MR) is 87.5 cm³/mol. The summed E-state index contributed by atoms with van der Waals surface area (Å²) in [7, 11) is 0. The zero-order valence-corrected chi connectivity index (χ0v) is 14.1. The molecule has 0 aromatic heterocycles. The van der Waals surface area contributed by atoms with E-state index in [2.05, 4.69) is 10.6 Å². The number of hydrogen-bond donors (Lipinski definition) is 3. The number of carbonyl (C=O) groups excluding carboxylic acids is 2. The number of aryl methyl sites for hydroxylation is 1. The lowest BCUT2D eigenvalue weighted by Crippen LogP contribution is -2.44. The second-order valence-corrected chi connectivity index (χ2v) is 6.58. The first-order chi connectivity index (χ1) is 10.6. The second kappa shape index (κ2) is 8.06. The molecule has 2 amide bonds. The van der Waals surface area contributed by atoms with Crippen LogP contribution < -0.4 is 10.6 Å². The van der Waals surface area contributed by atoms with E-state index < -0.39 is 23.2 Å². The first-order valence-corrected chi connectivity index (χ1v) is 7.68. The number of nitrogens with one attached hydrogen (secondary N) is 2. The molecule has 0 radical (unpaired) electrons. The first kappa shape index (κ1) is 19.1. The van der Waals surface area contributed by atoms with E-state index in [9.17, 15) is 19.1 Å². The molecule has 0 aliphatic carbocycles. The fraction of sp³-hybridized carbons (Fsp3) is 0.529. The summed E-state index contributed by atoms with van der Waals surface area (Å²) in [4.78, 5) is 23.6. The smallest absolute Gasteiger partial charge is 0.313 e.